The molecule has 0 aliphatic carbocycles. The van der Waals surface area contributed by atoms with Gasteiger partial charge in [0.1, 0.15) is 13.2 Å². The molecule has 0 radical (unpaired) electrons. The molecule has 0 aromatic heterocycles. The van der Waals surface area contributed by atoms with Crippen LogP contribution in [0.15, 0.2) is 60.8 Å². The van der Waals surface area contributed by atoms with Gasteiger partial charge in [0, 0.05) is 19.3 Å². The number of esters is 3. The molecule has 0 aliphatic rings. The predicted molar refractivity (Wildman–Crippen MR) is 251 cm³/mol. The van der Waals surface area contributed by atoms with E-state index in [4.69, 9.17) is 14.2 Å². The number of carbonyl (C=O) groups is 3. The number of hydrogen-bond donors (Lipinski definition) is 0. The van der Waals surface area contributed by atoms with Crippen LogP contribution in [0.1, 0.15) is 239 Å². The molecule has 59 heavy (non-hydrogen) atoms. The minimum Gasteiger partial charge on any atom is -0.462 e. The van der Waals surface area contributed by atoms with Crippen LogP contribution in [0.25, 0.3) is 0 Å². The fourth-order valence-corrected chi connectivity index (χ4v) is 6.82. The monoisotopic (exact) mass is 825 g/mol. The molecule has 0 N–H and O–H groups in total. The van der Waals surface area contributed by atoms with Crippen molar-refractivity contribution in [3.8, 4) is 0 Å². The van der Waals surface area contributed by atoms with Crippen LogP contribution in [-0.4, -0.2) is 37.2 Å². The van der Waals surface area contributed by atoms with E-state index < -0.39 is 6.10 Å². The molecule has 6 heteroatoms. The lowest BCUT2D eigenvalue weighted by Crippen LogP contribution is -2.30. The number of rotatable bonds is 44. The third-order valence-corrected chi connectivity index (χ3v) is 10.5. The van der Waals surface area contributed by atoms with Crippen LogP contribution in [-0.2, 0) is 28.6 Å². The highest BCUT2D eigenvalue weighted by atomic mass is 16.6. The SMILES string of the molecule is CC/C=C\C/C=C\C/C=C\C/C=C\C/C=C\CCCCCCCCCCCCCCCC(=O)OCC(COC(=O)CCCCCCC)OC(=O)CCCCCCCCC. The van der Waals surface area contributed by atoms with Gasteiger partial charge in [-0.2, -0.15) is 0 Å². The van der Waals surface area contributed by atoms with E-state index in [0.717, 1.165) is 96.3 Å². The molecule has 0 aromatic rings. The Hall–Kier alpha value is -2.89. The Morgan fingerprint density at radius 3 is 1.03 bits per heavy atom. The van der Waals surface area contributed by atoms with E-state index in [1.54, 1.807) is 0 Å². The molecule has 6 nitrogen and oxygen atoms in total. The summed E-state index contributed by atoms with van der Waals surface area (Å²) in [7, 11) is 0. The maximum Gasteiger partial charge on any atom is 0.306 e. The smallest absolute Gasteiger partial charge is 0.306 e. The summed E-state index contributed by atoms with van der Waals surface area (Å²) in [5.41, 5.74) is 0. The van der Waals surface area contributed by atoms with Gasteiger partial charge in [-0.05, 0) is 64.2 Å². The van der Waals surface area contributed by atoms with Crippen LogP contribution in [0.2, 0.25) is 0 Å². The fourth-order valence-electron chi connectivity index (χ4n) is 6.82. The Balaban J connectivity index is 3.91. The average molecular weight is 825 g/mol. The van der Waals surface area contributed by atoms with Gasteiger partial charge in [0.05, 0.1) is 0 Å². The third-order valence-electron chi connectivity index (χ3n) is 10.5. The summed E-state index contributed by atoms with van der Waals surface area (Å²) in [6.45, 7) is 6.39. The zero-order valence-electron chi connectivity index (χ0n) is 38.8. The van der Waals surface area contributed by atoms with Crippen LogP contribution >= 0.6 is 0 Å². The van der Waals surface area contributed by atoms with Crippen molar-refractivity contribution in [2.75, 3.05) is 13.2 Å². The van der Waals surface area contributed by atoms with Gasteiger partial charge in [-0.1, -0.05) is 216 Å². The summed E-state index contributed by atoms with van der Waals surface area (Å²) >= 11 is 0. The van der Waals surface area contributed by atoms with Gasteiger partial charge in [-0.3, -0.25) is 14.4 Å². The summed E-state index contributed by atoms with van der Waals surface area (Å²) in [6, 6.07) is 0. The van der Waals surface area contributed by atoms with E-state index in [0.29, 0.717) is 19.3 Å². The molecule has 0 heterocycles. The van der Waals surface area contributed by atoms with E-state index in [-0.39, 0.29) is 31.1 Å². The summed E-state index contributed by atoms with van der Waals surface area (Å²) in [5, 5.41) is 0. The largest absolute Gasteiger partial charge is 0.462 e. The maximum atomic E-state index is 12.6. The zero-order chi connectivity index (χ0) is 43.0. The lowest BCUT2D eigenvalue weighted by atomic mass is 10.0. The van der Waals surface area contributed by atoms with Gasteiger partial charge < -0.3 is 14.2 Å². The van der Waals surface area contributed by atoms with Crippen LogP contribution in [0.5, 0.6) is 0 Å². The Kier molecular flexibility index (Phi) is 45.4. The van der Waals surface area contributed by atoms with Crippen molar-refractivity contribution in [3.63, 3.8) is 0 Å². The van der Waals surface area contributed by atoms with Gasteiger partial charge in [0.2, 0.25) is 0 Å². The molecule has 0 bridgehead atoms. The van der Waals surface area contributed by atoms with Crippen molar-refractivity contribution in [3.05, 3.63) is 60.8 Å². The fraction of sp³-hybridized carbons (Fsp3) is 0.755. The molecular formula is C53H92O6. The summed E-state index contributed by atoms with van der Waals surface area (Å²) < 4.78 is 16.5. The molecule has 0 amide bonds. The normalized spacial score (nSPS) is 12.5. The molecule has 0 aromatic carbocycles. The van der Waals surface area contributed by atoms with E-state index in [1.807, 2.05) is 0 Å². The first-order chi connectivity index (χ1) is 29.0. The summed E-state index contributed by atoms with van der Waals surface area (Å²) in [4.78, 5) is 37.3. The first-order valence-corrected chi connectivity index (χ1v) is 24.8. The number of unbranched alkanes of at least 4 members (excludes halogenated alkanes) is 23. The van der Waals surface area contributed by atoms with Crippen molar-refractivity contribution in [1.82, 2.24) is 0 Å². The number of carbonyl (C=O) groups excluding carboxylic acids is 3. The number of hydrogen-bond acceptors (Lipinski definition) is 6. The Labute approximate surface area is 364 Å². The van der Waals surface area contributed by atoms with Gasteiger partial charge in [-0.15, -0.1) is 0 Å². The van der Waals surface area contributed by atoms with Crippen molar-refractivity contribution in [2.45, 2.75) is 245 Å². The van der Waals surface area contributed by atoms with E-state index in [1.165, 1.54) is 103 Å². The standard InChI is InChI=1S/C53H92O6/c1-4-7-10-13-15-16-17-18-19-20-21-22-23-24-25-26-27-28-29-30-31-32-33-34-35-36-38-40-43-46-52(55)58-49-50(48-57-51(54)45-42-39-12-9-6-3)59-53(56)47-44-41-37-14-11-8-5-2/h7,10,15-16,18-19,21-22,24-25,50H,4-6,8-9,11-14,17,20,23,26-49H2,1-3H3/b10-7-,16-15-,19-18-,22-21-,25-24-. The second-order valence-corrected chi connectivity index (χ2v) is 16.4. The molecule has 340 valence electrons. The number of ether oxygens (including phenoxy) is 3. The molecule has 1 atom stereocenters. The molecule has 0 fully saturated rings. The lowest BCUT2D eigenvalue weighted by Gasteiger charge is -2.18. The molecule has 0 spiro atoms. The average Bonchev–Trinajstić information content (AvgIpc) is 3.23. The molecule has 0 saturated heterocycles. The van der Waals surface area contributed by atoms with E-state index >= 15 is 0 Å². The molecule has 0 saturated carbocycles. The van der Waals surface area contributed by atoms with E-state index in [2.05, 4.69) is 81.5 Å². The van der Waals surface area contributed by atoms with Gasteiger partial charge in [0.25, 0.3) is 0 Å². The highest BCUT2D eigenvalue weighted by Crippen LogP contribution is 2.15. The first kappa shape index (κ1) is 56.1. The van der Waals surface area contributed by atoms with Crippen molar-refractivity contribution in [2.24, 2.45) is 0 Å². The first-order valence-electron chi connectivity index (χ1n) is 24.8. The molecule has 0 aliphatic heterocycles. The zero-order valence-corrected chi connectivity index (χ0v) is 38.8. The molecule has 1 unspecified atom stereocenters. The highest BCUT2D eigenvalue weighted by molar-refractivity contribution is 5.71. The van der Waals surface area contributed by atoms with Crippen molar-refractivity contribution >= 4 is 17.9 Å². The van der Waals surface area contributed by atoms with Gasteiger partial charge in [0.15, 0.2) is 6.10 Å². The molecular weight excluding hydrogens is 733 g/mol. The highest BCUT2D eigenvalue weighted by Gasteiger charge is 2.19. The summed E-state index contributed by atoms with van der Waals surface area (Å²) in [5.74, 6) is -0.895. The second-order valence-electron chi connectivity index (χ2n) is 16.4. The van der Waals surface area contributed by atoms with Gasteiger partial charge in [-0.25, -0.2) is 0 Å². The van der Waals surface area contributed by atoms with Crippen LogP contribution in [0.3, 0.4) is 0 Å². The minimum absolute atomic E-state index is 0.0729. The third kappa shape index (κ3) is 46.0. The predicted octanol–water partition coefficient (Wildman–Crippen LogP) is 16.1. The van der Waals surface area contributed by atoms with Crippen LogP contribution in [0, 0.1) is 0 Å². The Bertz CT molecular complexity index is 1090. The Morgan fingerprint density at radius 2 is 0.661 bits per heavy atom. The van der Waals surface area contributed by atoms with E-state index in [9.17, 15) is 14.4 Å². The minimum atomic E-state index is -0.764. The van der Waals surface area contributed by atoms with Crippen molar-refractivity contribution in [1.29, 1.82) is 0 Å². The quantitative estimate of drug-likeness (QED) is 0.0263. The van der Waals surface area contributed by atoms with Crippen molar-refractivity contribution < 1.29 is 28.6 Å². The second kappa shape index (κ2) is 47.8. The Morgan fingerprint density at radius 1 is 0.356 bits per heavy atom. The van der Waals surface area contributed by atoms with Crippen LogP contribution in [0.4, 0.5) is 0 Å². The topological polar surface area (TPSA) is 78.9 Å². The van der Waals surface area contributed by atoms with Gasteiger partial charge >= 0.3 is 17.9 Å². The number of allylic oxidation sites excluding steroid dienone is 10. The lowest BCUT2D eigenvalue weighted by molar-refractivity contribution is -0.167. The maximum absolute atomic E-state index is 12.6. The van der Waals surface area contributed by atoms with Crippen LogP contribution < -0.4 is 0 Å². The summed E-state index contributed by atoms with van der Waals surface area (Å²) in [6.07, 6.45) is 58.5. The molecule has 0 rings (SSSR count).